The summed E-state index contributed by atoms with van der Waals surface area (Å²) >= 11 is 0. The molecule has 1 aromatic carbocycles. The zero-order valence-corrected chi connectivity index (χ0v) is 10.2. The molecular formula is C14H13NO3. The number of aromatic nitrogens is 1. The van der Waals surface area contributed by atoms with E-state index in [-0.39, 0.29) is 5.56 Å². The predicted molar refractivity (Wildman–Crippen MR) is 67.2 cm³/mol. The molecule has 0 saturated heterocycles. The molecule has 0 bridgehead atoms. The molecule has 4 heteroatoms. The smallest absolute Gasteiger partial charge is 0.339 e. The third-order valence-electron chi connectivity index (χ3n) is 2.46. The molecule has 1 N–H and O–H groups in total. The van der Waals surface area contributed by atoms with Crippen LogP contribution in [0.1, 0.15) is 21.5 Å². The van der Waals surface area contributed by atoms with Crippen molar-refractivity contribution in [2.24, 2.45) is 0 Å². The average Bonchev–Trinajstić information content (AvgIpc) is 2.34. The van der Waals surface area contributed by atoms with Crippen LogP contribution in [-0.2, 0) is 0 Å². The summed E-state index contributed by atoms with van der Waals surface area (Å²) in [5.41, 5.74) is 2.03. The van der Waals surface area contributed by atoms with Crippen molar-refractivity contribution < 1.29 is 14.6 Å². The van der Waals surface area contributed by atoms with Gasteiger partial charge in [0.1, 0.15) is 11.3 Å². The van der Waals surface area contributed by atoms with Gasteiger partial charge in [-0.2, -0.15) is 0 Å². The minimum Gasteiger partial charge on any atom is -0.478 e. The van der Waals surface area contributed by atoms with E-state index in [0.717, 1.165) is 11.1 Å². The molecule has 0 fully saturated rings. The van der Waals surface area contributed by atoms with E-state index in [2.05, 4.69) is 4.98 Å². The lowest BCUT2D eigenvalue weighted by molar-refractivity contribution is 0.0694. The first kappa shape index (κ1) is 12.1. The van der Waals surface area contributed by atoms with E-state index in [0.29, 0.717) is 11.6 Å². The van der Waals surface area contributed by atoms with Gasteiger partial charge in [-0.3, -0.25) is 0 Å². The number of ether oxygens (including phenoxy) is 1. The SMILES string of the molecule is Cc1ccc(Oc2ccc(C)cc2C(=O)O)nc1. The molecule has 0 amide bonds. The molecular weight excluding hydrogens is 230 g/mol. The van der Waals surface area contributed by atoms with Gasteiger partial charge in [-0.15, -0.1) is 0 Å². The average molecular weight is 243 g/mol. The fraction of sp³-hybridized carbons (Fsp3) is 0.143. The molecule has 0 saturated carbocycles. The third-order valence-corrected chi connectivity index (χ3v) is 2.46. The van der Waals surface area contributed by atoms with Crippen LogP contribution < -0.4 is 4.74 Å². The normalized spacial score (nSPS) is 10.1. The first-order chi connectivity index (χ1) is 8.56. The molecule has 0 unspecified atom stereocenters. The number of rotatable bonds is 3. The number of hydrogen-bond donors (Lipinski definition) is 1. The molecule has 4 nitrogen and oxygen atoms in total. The fourth-order valence-corrected chi connectivity index (χ4v) is 1.53. The van der Waals surface area contributed by atoms with Crippen LogP contribution in [0.2, 0.25) is 0 Å². The van der Waals surface area contributed by atoms with Gasteiger partial charge in [0.25, 0.3) is 0 Å². The van der Waals surface area contributed by atoms with E-state index in [1.165, 1.54) is 0 Å². The van der Waals surface area contributed by atoms with E-state index < -0.39 is 5.97 Å². The van der Waals surface area contributed by atoms with Crippen LogP contribution in [0.3, 0.4) is 0 Å². The van der Waals surface area contributed by atoms with E-state index in [9.17, 15) is 4.79 Å². The van der Waals surface area contributed by atoms with Crippen molar-refractivity contribution in [3.63, 3.8) is 0 Å². The highest BCUT2D eigenvalue weighted by Gasteiger charge is 2.12. The Labute approximate surface area is 105 Å². The van der Waals surface area contributed by atoms with Gasteiger partial charge >= 0.3 is 5.97 Å². The Hall–Kier alpha value is -2.36. The molecule has 0 spiro atoms. The van der Waals surface area contributed by atoms with E-state index in [1.807, 2.05) is 19.9 Å². The van der Waals surface area contributed by atoms with Crippen LogP contribution >= 0.6 is 0 Å². The second-order valence-corrected chi connectivity index (χ2v) is 4.08. The van der Waals surface area contributed by atoms with E-state index >= 15 is 0 Å². The Bertz CT molecular complexity index is 576. The third kappa shape index (κ3) is 2.66. The van der Waals surface area contributed by atoms with Gasteiger partial charge < -0.3 is 9.84 Å². The van der Waals surface area contributed by atoms with Gasteiger partial charge in [0.2, 0.25) is 5.88 Å². The van der Waals surface area contributed by atoms with Gasteiger partial charge in [-0.05, 0) is 31.5 Å². The van der Waals surface area contributed by atoms with Crippen molar-refractivity contribution in [1.82, 2.24) is 4.98 Å². The highest BCUT2D eigenvalue weighted by atomic mass is 16.5. The Morgan fingerprint density at radius 1 is 1.17 bits per heavy atom. The number of carbonyl (C=O) groups is 1. The maximum Gasteiger partial charge on any atom is 0.339 e. The maximum absolute atomic E-state index is 11.1. The zero-order chi connectivity index (χ0) is 13.1. The van der Waals surface area contributed by atoms with Crippen molar-refractivity contribution in [3.05, 3.63) is 53.2 Å². The molecule has 0 aliphatic rings. The second kappa shape index (κ2) is 4.87. The number of aryl methyl sites for hydroxylation is 2. The van der Waals surface area contributed by atoms with Crippen LogP contribution in [0.15, 0.2) is 36.5 Å². The minimum absolute atomic E-state index is 0.136. The molecule has 0 aliphatic carbocycles. The summed E-state index contributed by atoms with van der Waals surface area (Å²) in [5, 5.41) is 9.11. The van der Waals surface area contributed by atoms with Crippen molar-refractivity contribution in [2.75, 3.05) is 0 Å². The summed E-state index contributed by atoms with van der Waals surface area (Å²) in [6.07, 6.45) is 1.67. The number of carboxylic acid groups (broad SMARTS) is 1. The first-order valence-corrected chi connectivity index (χ1v) is 5.51. The molecule has 2 aromatic rings. The van der Waals surface area contributed by atoms with Crippen LogP contribution in [0, 0.1) is 13.8 Å². The maximum atomic E-state index is 11.1. The summed E-state index contributed by atoms with van der Waals surface area (Å²) in [4.78, 5) is 15.2. The largest absolute Gasteiger partial charge is 0.478 e. The number of benzene rings is 1. The summed E-state index contributed by atoms with van der Waals surface area (Å²) in [5.74, 6) is -0.336. The highest BCUT2D eigenvalue weighted by molar-refractivity contribution is 5.91. The standard InChI is InChI=1S/C14H13NO3/c1-9-3-5-12(11(7-9)14(16)17)18-13-6-4-10(2)8-15-13/h3-8H,1-2H3,(H,16,17). The molecule has 0 atom stereocenters. The lowest BCUT2D eigenvalue weighted by Gasteiger charge is -2.08. The lowest BCUT2D eigenvalue weighted by Crippen LogP contribution is -2.01. The minimum atomic E-state index is -1.01. The Balaban J connectivity index is 2.34. The highest BCUT2D eigenvalue weighted by Crippen LogP contribution is 2.25. The molecule has 92 valence electrons. The van der Waals surface area contributed by atoms with Gasteiger partial charge in [0.15, 0.2) is 0 Å². The quantitative estimate of drug-likeness (QED) is 0.899. The molecule has 1 heterocycles. The van der Waals surface area contributed by atoms with Gasteiger partial charge in [-0.1, -0.05) is 17.7 Å². The second-order valence-electron chi connectivity index (χ2n) is 4.08. The van der Waals surface area contributed by atoms with E-state index in [1.54, 1.807) is 30.5 Å². The molecule has 18 heavy (non-hydrogen) atoms. The molecule has 2 rings (SSSR count). The summed E-state index contributed by atoms with van der Waals surface area (Å²) < 4.78 is 5.49. The lowest BCUT2D eigenvalue weighted by atomic mass is 10.1. The molecule has 0 aliphatic heterocycles. The zero-order valence-electron chi connectivity index (χ0n) is 10.2. The van der Waals surface area contributed by atoms with Crippen molar-refractivity contribution in [2.45, 2.75) is 13.8 Å². The number of carboxylic acids is 1. The monoisotopic (exact) mass is 243 g/mol. The van der Waals surface area contributed by atoms with Gasteiger partial charge in [0.05, 0.1) is 0 Å². The summed E-state index contributed by atoms with van der Waals surface area (Å²) in [7, 11) is 0. The number of aromatic carboxylic acids is 1. The van der Waals surface area contributed by atoms with Gasteiger partial charge in [0, 0.05) is 12.3 Å². The van der Waals surface area contributed by atoms with Crippen molar-refractivity contribution in [1.29, 1.82) is 0 Å². The Morgan fingerprint density at radius 2 is 1.89 bits per heavy atom. The van der Waals surface area contributed by atoms with E-state index in [4.69, 9.17) is 9.84 Å². The van der Waals surface area contributed by atoms with Crippen LogP contribution in [0.4, 0.5) is 0 Å². The molecule has 0 radical (unpaired) electrons. The van der Waals surface area contributed by atoms with Crippen LogP contribution in [-0.4, -0.2) is 16.1 Å². The first-order valence-electron chi connectivity index (χ1n) is 5.51. The van der Waals surface area contributed by atoms with Crippen LogP contribution in [0.5, 0.6) is 11.6 Å². The Morgan fingerprint density at radius 3 is 2.50 bits per heavy atom. The van der Waals surface area contributed by atoms with Crippen molar-refractivity contribution >= 4 is 5.97 Å². The van der Waals surface area contributed by atoms with Crippen LogP contribution in [0.25, 0.3) is 0 Å². The van der Waals surface area contributed by atoms with Crippen molar-refractivity contribution in [3.8, 4) is 11.6 Å². The number of nitrogens with zero attached hydrogens (tertiary/aromatic N) is 1. The Kier molecular flexibility index (Phi) is 3.28. The summed E-state index contributed by atoms with van der Waals surface area (Å²) in [6, 6.07) is 8.58. The van der Waals surface area contributed by atoms with Gasteiger partial charge in [-0.25, -0.2) is 9.78 Å². The number of pyridine rings is 1. The predicted octanol–water partition coefficient (Wildman–Crippen LogP) is 3.19. The molecule has 1 aromatic heterocycles. The topological polar surface area (TPSA) is 59.4 Å². The number of hydrogen-bond acceptors (Lipinski definition) is 3. The summed E-state index contributed by atoms with van der Waals surface area (Å²) in [6.45, 7) is 3.76. The fourth-order valence-electron chi connectivity index (χ4n) is 1.53.